The average Bonchev–Trinajstić information content (AvgIpc) is 3.39. The SMILES string of the molecule is CC/C=C\C/C=C\C/C=C\CCCCCC(=O)OCC(COC1OC(C(=O)O)C(O)C(O)C1OC(=O)CCCCCCCCCCCCCCCCCCCCC)OC(=O)CCCCCCC/C=C\C/C=C\CCC. The number of aliphatic hydroxyl groups excluding tert-OH is 2. The highest BCUT2D eigenvalue weighted by Gasteiger charge is 2.50. The van der Waals surface area contributed by atoms with Crippen LogP contribution in [0.1, 0.15) is 265 Å². The molecule has 0 aromatic carbocycles. The Kier molecular flexibility index (Phi) is 47.4. The molecule has 1 aliphatic heterocycles. The summed E-state index contributed by atoms with van der Waals surface area (Å²) in [6, 6.07) is 0. The fourth-order valence-electron chi connectivity index (χ4n) is 8.95. The summed E-state index contributed by atoms with van der Waals surface area (Å²) in [5.41, 5.74) is 0. The fourth-order valence-corrected chi connectivity index (χ4v) is 8.95. The Morgan fingerprint density at radius 3 is 1.35 bits per heavy atom. The molecule has 1 saturated heterocycles. The molecule has 0 amide bonds. The monoisotopic (exact) mass is 1060 g/mol. The van der Waals surface area contributed by atoms with Gasteiger partial charge in [0.2, 0.25) is 0 Å². The minimum absolute atomic E-state index is 0.0588. The highest BCUT2D eigenvalue weighted by Crippen LogP contribution is 2.26. The summed E-state index contributed by atoms with van der Waals surface area (Å²) in [6.07, 6.45) is 50.5. The number of hydrogen-bond acceptors (Lipinski definition) is 11. The molecule has 3 N–H and O–H groups in total. The van der Waals surface area contributed by atoms with Crippen LogP contribution in [-0.4, -0.2) is 89.2 Å². The minimum atomic E-state index is -1.91. The number of unbranched alkanes of at least 4 members (excludes halogenated alkanes) is 27. The Morgan fingerprint density at radius 2 is 0.867 bits per heavy atom. The molecule has 0 aromatic heterocycles. The minimum Gasteiger partial charge on any atom is -0.479 e. The van der Waals surface area contributed by atoms with E-state index in [0.717, 1.165) is 116 Å². The number of carboxylic acid groups (broad SMARTS) is 1. The predicted molar refractivity (Wildman–Crippen MR) is 303 cm³/mol. The van der Waals surface area contributed by atoms with Gasteiger partial charge in [0.15, 0.2) is 24.6 Å². The van der Waals surface area contributed by atoms with Gasteiger partial charge in [0.1, 0.15) is 18.8 Å². The quantitative estimate of drug-likeness (QED) is 0.0228. The maximum Gasteiger partial charge on any atom is 0.335 e. The van der Waals surface area contributed by atoms with Gasteiger partial charge in [-0.2, -0.15) is 0 Å². The number of ether oxygens (including phenoxy) is 5. The number of allylic oxidation sites excluding steroid dienone is 10. The first-order chi connectivity index (χ1) is 36.6. The van der Waals surface area contributed by atoms with Crippen molar-refractivity contribution in [2.45, 2.75) is 302 Å². The van der Waals surface area contributed by atoms with Gasteiger partial charge < -0.3 is 39.0 Å². The van der Waals surface area contributed by atoms with Crippen LogP contribution < -0.4 is 0 Å². The maximum absolute atomic E-state index is 13.1. The van der Waals surface area contributed by atoms with Crippen LogP contribution in [0.15, 0.2) is 60.8 Å². The summed E-state index contributed by atoms with van der Waals surface area (Å²) in [6.45, 7) is 5.79. The molecule has 0 bridgehead atoms. The van der Waals surface area contributed by atoms with Gasteiger partial charge in [-0.3, -0.25) is 14.4 Å². The average molecular weight is 1060 g/mol. The molecule has 75 heavy (non-hydrogen) atoms. The summed E-state index contributed by atoms with van der Waals surface area (Å²) in [5, 5.41) is 31.5. The third-order valence-electron chi connectivity index (χ3n) is 13.6. The molecule has 1 heterocycles. The van der Waals surface area contributed by atoms with Gasteiger partial charge in [-0.1, -0.05) is 229 Å². The Bertz CT molecular complexity index is 1540. The highest BCUT2D eigenvalue weighted by atomic mass is 16.7. The Balaban J connectivity index is 2.66. The first-order valence-corrected chi connectivity index (χ1v) is 30.3. The zero-order chi connectivity index (χ0) is 54.7. The van der Waals surface area contributed by atoms with E-state index >= 15 is 0 Å². The third kappa shape index (κ3) is 41.2. The van der Waals surface area contributed by atoms with Gasteiger partial charge in [0, 0.05) is 19.3 Å². The lowest BCUT2D eigenvalue weighted by molar-refractivity contribution is -0.301. The Hall–Kier alpha value is -3.58. The van der Waals surface area contributed by atoms with Gasteiger partial charge in [-0.25, -0.2) is 4.79 Å². The zero-order valence-corrected chi connectivity index (χ0v) is 47.5. The second kappa shape index (κ2) is 51.2. The molecule has 1 aliphatic rings. The summed E-state index contributed by atoms with van der Waals surface area (Å²) in [4.78, 5) is 51.1. The van der Waals surface area contributed by atoms with E-state index in [-0.39, 0.29) is 25.9 Å². The maximum atomic E-state index is 13.1. The van der Waals surface area contributed by atoms with Crippen LogP contribution in [0.3, 0.4) is 0 Å². The lowest BCUT2D eigenvalue weighted by Crippen LogP contribution is -2.61. The topological polar surface area (TPSA) is 175 Å². The van der Waals surface area contributed by atoms with Gasteiger partial charge in [0.25, 0.3) is 0 Å². The third-order valence-corrected chi connectivity index (χ3v) is 13.6. The van der Waals surface area contributed by atoms with Crippen LogP contribution in [0.2, 0.25) is 0 Å². The molecule has 0 saturated carbocycles. The normalized spacial score (nSPS) is 18.5. The zero-order valence-electron chi connectivity index (χ0n) is 47.5. The van der Waals surface area contributed by atoms with Crippen molar-refractivity contribution in [3.05, 3.63) is 60.8 Å². The summed E-state index contributed by atoms with van der Waals surface area (Å²) >= 11 is 0. The van der Waals surface area contributed by atoms with Crippen molar-refractivity contribution in [1.29, 1.82) is 0 Å². The summed E-state index contributed by atoms with van der Waals surface area (Å²) in [7, 11) is 0. The number of carboxylic acids is 1. The molecule has 12 heteroatoms. The predicted octanol–water partition coefficient (Wildman–Crippen LogP) is 15.6. The van der Waals surface area contributed by atoms with Crippen molar-refractivity contribution in [3.63, 3.8) is 0 Å². The van der Waals surface area contributed by atoms with Crippen LogP contribution >= 0.6 is 0 Å². The second-order valence-electron chi connectivity index (χ2n) is 20.6. The summed E-state index contributed by atoms with van der Waals surface area (Å²) in [5.74, 6) is -3.16. The van der Waals surface area contributed by atoms with Crippen LogP contribution in [0.25, 0.3) is 0 Å². The molecule has 1 fully saturated rings. The largest absolute Gasteiger partial charge is 0.479 e. The van der Waals surface area contributed by atoms with Gasteiger partial charge in [-0.05, 0) is 77.0 Å². The molecule has 6 atom stereocenters. The fraction of sp³-hybridized carbons (Fsp3) is 0.778. The van der Waals surface area contributed by atoms with E-state index < -0.39 is 67.3 Å². The molecule has 6 unspecified atom stereocenters. The Morgan fingerprint density at radius 1 is 0.453 bits per heavy atom. The van der Waals surface area contributed by atoms with Crippen molar-refractivity contribution in [1.82, 2.24) is 0 Å². The summed E-state index contributed by atoms with van der Waals surface area (Å²) < 4.78 is 28.4. The molecule has 0 aliphatic carbocycles. The second-order valence-corrected chi connectivity index (χ2v) is 20.6. The number of aliphatic hydroxyl groups is 2. The number of carbonyl (C=O) groups is 4. The van der Waals surface area contributed by atoms with Gasteiger partial charge in [-0.15, -0.1) is 0 Å². The first kappa shape index (κ1) is 69.4. The molecule has 0 spiro atoms. The highest BCUT2D eigenvalue weighted by molar-refractivity contribution is 5.74. The molecule has 12 nitrogen and oxygen atoms in total. The standard InChI is InChI=1S/C63H108O12/c1-4-7-10-13-16-19-22-25-26-27-28-29-30-33-36-39-42-45-48-51-57(66)74-61-59(68)58(67)60(62(69)70)75-63(61)72-53-54(73-56(65)50-47-44-41-38-35-32-24-21-18-15-12-9-6-3)52-71-55(64)49-46-43-40-37-34-31-23-20-17-14-11-8-5-2/h8,11-12,15,17,20-21,24,31,34,54,58-61,63,67-68H,4-7,9-10,13-14,16,18-19,22-23,25-30,32-33,35-53H2,1-3H3,(H,69,70)/b11-8-,15-12-,20-17-,24-21-,34-31-. The lowest BCUT2D eigenvalue weighted by atomic mass is 9.98. The van der Waals surface area contributed by atoms with Gasteiger partial charge in [0.05, 0.1) is 6.61 Å². The van der Waals surface area contributed by atoms with Gasteiger partial charge >= 0.3 is 23.9 Å². The van der Waals surface area contributed by atoms with E-state index in [9.17, 15) is 34.5 Å². The lowest BCUT2D eigenvalue weighted by Gasteiger charge is -2.40. The van der Waals surface area contributed by atoms with Crippen molar-refractivity contribution >= 4 is 23.9 Å². The van der Waals surface area contributed by atoms with E-state index in [1.807, 2.05) is 0 Å². The molecule has 0 aromatic rings. The molecular weight excluding hydrogens is 949 g/mol. The Labute approximate surface area is 456 Å². The van der Waals surface area contributed by atoms with Crippen LogP contribution in [-0.2, 0) is 42.9 Å². The van der Waals surface area contributed by atoms with Crippen LogP contribution in [0.5, 0.6) is 0 Å². The molecule has 432 valence electrons. The van der Waals surface area contributed by atoms with E-state index in [1.54, 1.807) is 0 Å². The van der Waals surface area contributed by atoms with Crippen LogP contribution in [0.4, 0.5) is 0 Å². The van der Waals surface area contributed by atoms with Crippen molar-refractivity contribution in [2.24, 2.45) is 0 Å². The molecule has 0 radical (unpaired) electrons. The molecule has 1 rings (SSSR count). The van der Waals surface area contributed by atoms with E-state index in [0.29, 0.717) is 19.3 Å². The number of rotatable bonds is 51. The molecular formula is C63H108O12. The number of carbonyl (C=O) groups excluding carboxylic acids is 3. The van der Waals surface area contributed by atoms with Crippen molar-refractivity contribution < 1.29 is 58.2 Å². The number of esters is 3. The van der Waals surface area contributed by atoms with Crippen LogP contribution in [0, 0.1) is 0 Å². The van der Waals surface area contributed by atoms with E-state index in [1.165, 1.54) is 89.9 Å². The van der Waals surface area contributed by atoms with E-state index in [2.05, 4.69) is 81.5 Å². The van der Waals surface area contributed by atoms with Crippen molar-refractivity contribution in [3.8, 4) is 0 Å². The first-order valence-electron chi connectivity index (χ1n) is 30.3. The number of hydrogen-bond donors (Lipinski definition) is 3. The number of aliphatic carboxylic acids is 1. The van der Waals surface area contributed by atoms with E-state index in [4.69, 9.17) is 23.7 Å². The van der Waals surface area contributed by atoms with Crippen molar-refractivity contribution in [2.75, 3.05) is 13.2 Å². The smallest absolute Gasteiger partial charge is 0.335 e.